The minimum atomic E-state index is -4.50. The fraction of sp³-hybridized carbons (Fsp3) is 0.263. The Kier molecular flexibility index (Phi) is 4.69. The summed E-state index contributed by atoms with van der Waals surface area (Å²) in [4.78, 5) is 23.7. The van der Waals surface area contributed by atoms with Gasteiger partial charge < -0.3 is 24.8 Å². The Labute approximate surface area is 162 Å². The third kappa shape index (κ3) is 4.05. The molecule has 0 saturated carbocycles. The largest absolute Gasteiger partial charge is 0.457 e. The summed E-state index contributed by atoms with van der Waals surface area (Å²) in [5.74, 6) is 0.0269. The van der Waals surface area contributed by atoms with Crippen molar-refractivity contribution in [3.63, 3.8) is 0 Å². The van der Waals surface area contributed by atoms with E-state index in [2.05, 4.69) is 10.6 Å². The normalized spacial score (nSPS) is 17.8. The van der Waals surface area contributed by atoms with Gasteiger partial charge in [0.2, 0.25) is 18.6 Å². The van der Waals surface area contributed by atoms with Gasteiger partial charge in [-0.2, -0.15) is 13.2 Å². The number of benzene rings is 2. The van der Waals surface area contributed by atoms with Crippen molar-refractivity contribution in [3.05, 3.63) is 42.0 Å². The van der Waals surface area contributed by atoms with Gasteiger partial charge in [0, 0.05) is 18.6 Å². The molecular formula is C19H15F3N2O5. The van der Waals surface area contributed by atoms with Crippen LogP contribution in [0.1, 0.15) is 18.4 Å². The van der Waals surface area contributed by atoms with Crippen LogP contribution in [0.4, 0.5) is 18.9 Å². The lowest BCUT2D eigenvalue weighted by Crippen LogP contribution is -2.37. The van der Waals surface area contributed by atoms with Crippen LogP contribution < -0.4 is 24.8 Å². The van der Waals surface area contributed by atoms with Crippen LogP contribution in [0.5, 0.6) is 23.0 Å². The summed E-state index contributed by atoms with van der Waals surface area (Å²) in [6.07, 6.45) is -3.88. The van der Waals surface area contributed by atoms with Crippen molar-refractivity contribution >= 4 is 17.5 Å². The Hall–Kier alpha value is -3.43. The average Bonchev–Trinajstić information content (AvgIpc) is 3.30. The molecule has 1 saturated heterocycles. The first kappa shape index (κ1) is 18.9. The Morgan fingerprint density at radius 1 is 1.17 bits per heavy atom. The lowest BCUT2D eigenvalue weighted by atomic mass is 10.2. The van der Waals surface area contributed by atoms with Crippen molar-refractivity contribution < 1.29 is 37.0 Å². The van der Waals surface area contributed by atoms with Crippen molar-refractivity contribution in [1.29, 1.82) is 0 Å². The zero-order chi connectivity index (χ0) is 20.6. The van der Waals surface area contributed by atoms with Crippen LogP contribution in [0, 0.1) is 0 Å². The summed E-state index contributed by atoms with van der Waals surface area (Å²) < 4.78 is 54.9. The number of alkyl halides is 3. The highest BCUT2D eigenvalue weighted by atomic mass is 19.4. The Bertz CT molecular complexity index is 977. The summed E-state index contributed by atoms with van der Waals surface area (Å²) in [6.45, 7) is -0.0780. The third-order valence-electron chi connectivity index (χ3n) is 4.41. The smallest absolute Gasteiger partial charge is 0.416 e. The van der Waals surface area contributed by atoms with Gasteiger partial charge in [-0.3, -0.25) is 9.59 Å². The number of anilines is 1. The van der Waals surface area contributed by atoms with Crippen molar-refractivity contribution in [2.24, 2.45) is 0 Å². The molecule has 1 fully saturated rings. The molecule has 1 atom stereocenters. The fourth-order valence-electron chi connectivity index (χ4n) is 3.04. The molecule has 2 aromatic carbocycles. The van der Waals surface area contributed by atoms with Crippen LogP contribution in [0.3, 0.4) is 0 Å². The van der Waals surface area contributed by atoms with Crippen molar-refractivity contribution in [2.75, 3.05) is 12.1 Å². The molecule has 2 amide bonds. The molecule has 0 radical (unpaired) electrons. The van der Waals surface area contributed by atoms with Gasteiger partial charge >= 0.3 is 6.18 Å². The lowest BCUT2D eigenvalue weighted by molar-refractivity contribution is -0.137. The predicted molar refractivity (Wildman–Crippen MR) is 93.9 cm³/mol. The molecule has 0 bridgehead atoms. The van der Waals surface area contributed by atoms with Gasteiger partial charge in [-0.15, -0.1) is 0 Å². The van der Waals surface area contributed by atoms with Crippen molar-refractivity contribution in [1.82, 2.24) is 5.32 Å². The Morgan fingerprint density at radius 2 is 2.00 bits per heavy atom. The summed E-state index contributed by atoms with van der Waals surface area (Å²) in [7, 11) is 0. The first-order valence-corrected chi connectivity index (χ1v) is 8.68. The summed E-state index contributed by atoms with van der Waals surface area (Å²) in [5, 5.41) is 5.20. The molecule has 7 nitrogen and oxygen atoms in total. The Balaban J connectivity index is 1.58. The van der Waals surface area contributed by atoms with E-state index in [4.69, 9.17) is 14.2 Å². The predicted octanol–water partition coefficient (Wildman–Crippen LogP) is 3.44. The molecule has 2 N–H and O–H groups in total. The number of carbonyl (C=O) groups excluding carboxylic acids is 2. The van der Waals surface area contributed by atoms with Crippen LogP contribution in [0.2, 0.25) is 0 Å². The molecule has 29 heavy (non-hydrogen) atoms. The third-order valence-corrected chi connectivity index (χ3v) is 4.41. The van der Waals surface area contributed by atoms with E-state index in [1.165, 1.54) is 24.3 Å². The van der Waals surface area contributed by atoms with Crippen LogP contribution in [-0.4, -0.2) is 24.6 Å². The minimum absolute atomic E-state index is 0.0287. The van der Waals surface area contributed by atoms with Crippen LogP contribution in [0.15, 0.2) is 36.4 Å². The summed E-state index contributed by atoms with van der Waals surface area (Å²) >= 11 is 0. The number of hydrogen-bond donors (Lipinski definition) is 2. The standard InChI is InChI=1S/C19H15F3N2O5/c20-19(21,22)10-2-1-3-11(6-10)29-12-7-14(17-15(8-12)27-9-28-17)24-18(26)13-4-5-16(25)23-13/h1-3,6-8,13H,4-5,9H2,(H,23,25)(H,24,26). The molecule has 2 aliphatic rings. The van der Waals surface area contributed by atoms with E-state index in [-0.39, 0.29) is 47.8 Å². The first-order chi connectivity index (χ1) is 13.8. The number of hydrogen-bond acceptors (Lipinski definition) is 5. The molecule has 0 aromatic heterocycles. The van der Waals surface area contributed by atoms with E-state index < -0.39 is 23.7 Å². The van der Waals surface area contributed by atoms with Gasteiger partial charge in [0.1, 0.15) is 17.5 Å². The number of rotatable bonds is 4. The van der Waals surface area contributed by atoms with E-state index in [1.54, 1.807) is 0 Å². The quantitative estimate of drug-likeness (QED) is 0.810. The minimum Gasteiger partial charge on any atom is -0.457 e. The van der Waals surface area contributed by atoms with Gasteiger partial charge in [0.15, 0.2) is 11.5 Å². The zero-order valence-electron chi connectivity index (χ0n) is 14.8. The zero-order valence-corrected chi connectivity index (χ0v) is 14.8. The second-order valence-electron chi connectivity index (χ2n) is 6.48. The van der Waals surface area contributed by atoms with Gasteiger partial charge in [-0.25, -0.2) is 0 Å². The molecule has 2 aliphatic heterocycles. The molecule has 0 aliphatic carbocycles. The van der Waals surface area contributed by atoms with E-state index >= 15 is 0 Å². The monoisotopic (exact) mass is 408 g/mol. The highest BCUT2D eigenvalue weighted by Gasteiger charge is 2.31. The van der Waals surface area contributed by atoms with Gasteiger partial charge in [-0.05, 0) is 24.6 Å². The average molecular weight is 408 g/mol. The molecule has 10 heteroatoms. The van der Waals surface area contributed by atoms with Gasteiger partial charge in [0.25, 0.3) is 0 Å². The summed E-state index contributed by atoms with van der Waals surface area (Å²) in [6, 6.07) is 6.62. The van der Waals surface area contributed by atoms with Crippen LogP contribution in [-0.2, 0) is 15.8 Å². The topological polar surface area (TPSA) is 85.9 Å². The number of nitrogens with one attached hydrogen (secondary N) is 2. The molecule has 0 spiro atoms. The second-order valence-corrected chi connectivity index (χ2v) is 6.48. The van der Waals surface area contributed by atoms with E-state index in [9.17, 15) is 22.8 Å². The molecule has 1 unspecified atom stereocenters. The van der Waals surface area contributed by atoms with Crippen LogP contribution >= 0.6 is 0 Å². The number of fused-ring (bicyclic) bond motifs is 1. The molecular weight excluding hydrogens is 393 g/mol. The fourth-order valence-corrected chi connectivity index (χ4v) is 3.04. The molecule has 152 valence electrons. The maximum absolute atomic E-state index is 12.9. The highest BCUT2D eigenvalue weighted by molar-refractivity contribution is 6.00. The number of ether oxygens (including phenoxy) is 3. The van der Waals surface area contributed by atoms with E-state index in [0.717, 1.165) is 12.1 Å². The van der Waals surface area contributed by atoms with Gasteiger partial charge in [0.05, 0.1) is 11.3 Å². The maximum atomic E-state index is 12.9. The molecule has 2 aromatic rings. The van der Waals surface area contributed by atoms with E-state index in [0.29, 0.717) is 6.42 Å². The number of halogens is 3. The molecule has 2 heterocycles. The second kappa shape index (κ2) is 7.19. The van der Waals surface area contributed by atoms with E-state index in [1.807, 2.05) is 0 Å². The molecule has 4 rings (SSSR count). The van der Waals surface area contributed by atoms with Crippen LogP contribution in [0.25, 0.3) is 0 Å². The maximum Gasteiger partial charge on any atom is 0.416 e. The van der Waals surface area contributed by atoms with Gasteiger partial charge in [-0.1, -0.05) is 6.07 Å². The SMILES string of the molecule is O=C1CCC(C(=O)Nc2cc(Oc3cccc(C(F)(F)F)c3)cc3c2OCO3)N1. The van der Waals surface area contributed by atoms with Crippen molar-refractivity contribution in [2.45, 2.75) is 25.1 Å². The number of carbonyl (C=O) groups is 2. The highest BCUT2D eigenvalue weighted by Crippen LogP contribution is 2.44. The summed E-state index contributed by atoms with van der Waals surface area (Å²) in [5.41, 5.74) is -0.616. The lowest BCUT2D eigenvalue weighted by Gasteiger charge is -2.15. The first-order valence-electron chi connectivity index (χ1n) is 8.68. The van der Waals surface area contributed by atoms with Crippen molar-refractivity contribution in [3.8, 4) is 23.0 Å². The number of amides is 2. The Morgan fingerprint density at radius 3 is 2.72 bits per heavy atom.